The summed E-state index contributed by atoms with van der Waals surface area (Å²) >= 11 is 0. The van der Waals surface area contributed by atoms with Crippen molar-refractivity contribution < 1.29 is 23.1 Å². The van der Waals surface area contributed by atoms with Crippen LogP contribution in [0.3, 0.4) is 0 Å². The molecule has 0 radical (unpaired) electrons. The number of carbonyl (C=O) groups excluding carboxylic acids is 1. The number of hydrogen-bond donors (Lipinski definition) is 0. The number of piperidine rings is 2. The van der Waals surface area contributed by atoms with E-state index < -0.39 is 0 Å². The van der Waals surface area contributed by atoms with Crippen LogP contribution in [0.15, 0.2) is 61.3 Å². The van der Waals surface area contributed by atoms with Gasteiger partial charge in [-0.2, -0.15) is 4.58 Å². The maximum atomic E-state index is 13.7. The molecule has 2 saturated heterocycles. The monoisotopic (exact) mass is 568 g/mol. The number of rotatable bonds is 7. The average Bonchev–Trinajstić information content (AvgIpc) is 3.48. The number of benzene rings is 2. The number of hydrogen-bond acceptors (Lipinski definition) is 3. The fourth-order valence-corrected chi connectivity index (χ4v) is 7.68. The number of nitrogens with zero attached hydrogens (tertiary/aromatic N) is 4. The molecule has 2 aromatic rings. The summed E-state index contributed by atoms with van der Waals surface area (Å²) in [4.78, 5) is 17.8. The van der Waals surface area contributed by atoms with E-state index in [1.165, 1.54) is 23.4 Å². The number of ether oxygens (including phenoxy) is 1. The number of methoxy groups -OCH3 is 1. The average molecular weight is 569 g/mol. The Labute approximate surface area is 248 Å². The molecule has 1 amide bonds. The maximum Gasteiger partial charge on any atom is 0.319 e. The highest BCUT2D eigenvalue weighted by atomic mass is 19.1. The molecule has 4 aliphatic rings. The molecule has 4 heterocycles. The highest BCUT2D eigenvalue weighted by molar-refractivity contribution is 5.98. The predicted octanol–water partition coefficient (Wildman–Crippen LogP) is 5.23. The predicted molar refractivity (Wildman–Crippen MR) is 166 cm³/mol. The van der Waals surface area contributed by atoms with Crippen molar-refractivity contribution in [2.45, 2.75) is 30.8 Å². The number of halogens is 1. The van der Waals surface area contributed by atoms with Crippen molar-refractivity contribution in [2.75, 3.05) is 46.4 Å². The molecule has 2 aromatic carbocycles. The van der Waals surface area contributed by atoms with Crippen LogP contribution in [0.4, 0.5) is 15.8 Å². The molecule has 0 aliphatic carbocycles. The van der Waals surface area contributed by atoms with Gasteiger partial charge < -0.3 is 14.5 Å². The third-order valence-electron chi connectivity index (χ3n) is 10.1. The zero-order valence-corrected chi connectivity index (χ0v) is 24.6. The summed E-state index contributed by atoms with van der Waals surface area (Å²) in [5, 5.41) is 0. The van der Waals surface area contributed by atoms with Crippen molar-refractivity contribution in [3.05, 3.63) is 83.8 Å². The lowest BCUT2D eigenvalue weighted by Crippen LogP contribution is -2.53. The molecule has 0 N–H and O–H groups in total. The Morgan fingerprint density at radius 2 is 1.93 bits per heavy atom. The normalized spacial score (nSPS) is 24.9. The van der Waals surface area contributed by atoms with Crippen LogP contribution < -0.4 is 0 Å². The van der Waals surface area contributed by atoms with Crippen LogP contribution in [0.25, 0.3) is 12.2 Å². The van der Waals surface area contributed by atoms with Crippen LogP contribution in [0, 0.1) is 17.7 Å². The minimum atomic E-state index is -0.318. The van der Waals surface area contributed by atoms with Gasteiger partial charge in [0.2, 0.25) is 11.4 Å². The molecular weight excluding hydrogens is 527 g/mol. The second-order valence-corrected chi connectivity index (χ2v) is 12.3. The fourth-order valence-electron chi connectivity index (χ4n) is 7.68. The highest BCUT2D eigenvalue weighted by Gasteiger charge is 2.53. The Bertz CT molecular complexity index is 1500. The van der Waals surface area contributed by atoms with Crippen LogP contribution in [0.1, 0.15) is 36.0 Å². The Morgan fingerprint density at radius 1 is 1.14 bits per heavy atom. The van der Waals surface area contributed by atoms with Crippen molar-refractivity contribution in [1.82, 2.24) is 9.80 Å². The fraction of sp³-hybridized carbons (Fsp3) is 0.400. The van der Waals surface area contributed by atoms with Crippen LogP contribution in [0.2, 0.25) is 0 Å². The molecule has 0 saturated carbocycles. The van der Waals surface area contributed by atoms with Crippen LogP contribution >= 0.6 is 0 Å². The van der Waals surface area contributed by atoms with E-state index in [9.17, 15) is 9.18 Å². The molecule has 3 atom stereocenters. The van der Waals surface area contributed by atoms with E-state index >= 15 is 0 Å². The molecule has 6 nitrogen and oxygen atoms in total. The molecule has 6 rings (SSSR count). The van der Waals surface area contributed by atoms with Gasteiger partial charge in [0, 0.05) is 63.0 Å². The summed E-state index contributed by atoms with van der Waals surface area (Å²) in [5.74, 6) is 0.310. The lowest BCUT2D eigenvalue weighted by atomic mass is 9.67. The van der Waals surface area contributed by atoms with Crippen molar-refractivity contribution in [3.8, 4) is 0 Å². The van der Waals surface area contributed by atoms with E-state index in [2.05, 4.69) is 60.3 Å². The maximum absolute atomic E-state index is 13.7. The van der Waals surface area contributed by atoms with Crippen molar-refractivity contribution in [1.29, 1.82) is 0 Å². The second kappa shape index (κ2) is 11.2. The smallest absolute Gasteiger partial charge is 0.319 e. The van der Waals surface area contributed by atoms with Crippen LogP contribution in [-0.2, 0) is 14.9 Å². The van der Waals surface area contributed by atoms with Gasteiger partial charge in [-0.15, -0.1) is 6.58 Å². The van der Waals surface area contributed by atoms with Crippen molar-refractivity contribution >= 4 is 42.9 Å². The van der Waals surface area contributed by atoms with Gasteiger partial charge >= 0.3 is 5.91 Å². The SMILES string of the molecule is C=Cc1ccc2c(c1)[N+](=C)CC21CCN(CC(OC)C2CCN(C(=O)C3=Cc4cc(F)ccc4[N+]3=C)CC2)CC1C=C. The standard InChI is InChI=1S/C35H41FN4O2/c1-6-24-8-10-29-31(18-24)37(3)23-35(29)14-17-39(21-27(35)7-2)22-33(42-5)25-12-15-40(16-13-25)34(41)32-20-26-19-28(36)9-11-30(26)38(32)4/h6-11,18-20,25,27,33H,1-4,12-17,21-23H2,5H3/q+2. The molecule has 1 spiro atoms. The van der Waals surface area contributed by atoms with Crippen LogP contribution in [-0.4, -0.2) is 90.8 Å². The van der Waals surface area contributed by atoms with E-state index in [1.807, 2.05) is 18.1 Å². The van der Waals surface area contributed by atoms with E-state index in [-0.39, 0.29) is 23.2 Å². The van der Waals surface area contributed by atoms with Gasteiger partial charge in [0.15, 0.2) is 6.54 Å². The topological polar surface area (TPSA) is 38.8 Å². The van der Waals surface area contributed by atoms with Crippen molar-refractivity contribution in [3.63, 3.8) is 0 Å². The third-order valence-corrected chi connectivity index (χ3v) is 10.1. The zero-order chi connectivity index (χ0) is 29.6. The number of amides is 1. The Morgan fingerprint density at radius 3 is 2.64 bits per heavy atom. The number of carbonyl (C=O) groups is 1. The first-order chi connectivity index (χ1) is 20.3. The summed E-state index contributed by atoms with van der Waals surface area (Å²) in [5.41, 5.74) is 5.65. The van der Waals surface area contributed by atoms with Gasteiger partial charge in [0.1, 0.15) is 19.3 Å². The van der Waals surface area contributed by atoms with Gasteiger partial charge in [0.25, 0.3) is 5.70 Å². The summed E-state index contributed by atoms with van der Waals surface area (Å²) < 4.78 is 23.6. The summed E-state index contributed by atoms with van der Waals surface area (Å²) in [6.07, 6.45) is 8.68. The minimum absolute atomic E-state index is 0.0195. The number of fused-ring (bicyclic) bond motifs is 3. The summed E-state index contributed by atoms with van der Waals surface area (Å²) in [6, 6.07) is 11.1. The zero-order valence-electron chi connectivity index (χ0n) is 24.6. The van der Waals surface area contributed by atoms with Crippen LogP contribution in [0.5, 0.6) is 0 Å². The molecule has 4 aliphatic heterocycles. The molecule has 0 bridgehead atoms. The first-order valence-electron chi connectivity index (χ1n) is 14.9. The van der Waals surface area contributed by atoms with Gasteiger partial charge in [-0.1, -0.05) is 30.9 Å². The quantitative estimate of drug-likeness (QED) is 0.340. The van der Waals surface area contributed by atoms with E-state index in [1.54, 1.807) is 16.7 Å². The lowest BCUT2D eigenvalue weighted by molar-refractivity contribution is -0.431. The molecule has 7 heteroatoms. The van der Waals surface area contributed by atoms with Gasteiger partial charge in [-0.05, 0) is 49.4 Å². The molecule has 218 valence electrons. The Kier molecular flexibility index (Phi) is 7.58. The number of likely N-dealkylation sites (tertiary alicyclic amines) is 2. The Hall–Kier alpha value is -3.68. The molecule has 42 heavy (non-hydrogen) atoms. The highest BCUT2D eigenvalue weighted by Crippen LogP contribution is 2.49. The van der Waals surface area contributed by atoms with Gasteiger partial charge in [0.05, 0.1) is 17.1 Å². The lowest BCUT2D eigenvalue weighted by Gasteiger charge is -2.44. The summed E-state index contributed by atoms with van der Waals surface area (Å²) in [6.45, 7) is 21.6. The first-order valence-corrected chi connectivity index (χ1v) is 14.9. The van der Waals surface area contributed by atoms with Gasteiger partial charge in [-0.25, -0.2) is 8.97 Å². The Balaban J connectivity index is 1.08. The first kappa shape index (κ1) is 28.4. The molecular formula is C35H41FN4O2+2. The molecule has 0 aromatic heterocycles. The molecule has 2 fully saturated rings. The minimum Gasteiger partial charge on any atom is -0.380 e. The largest absolute Gasteiger partial charge is 0.380 e. The third kappa shape index (κ3) is 4.78. The van der Waals surface area contributed by atoms with E-state index in [0.29, 0.717) is 36.2 Å². The molecule has 3 unspecified atom stereocenters. The second-order valence-electron chi connectivity index (χ2n) is 12.3. The van der Waals surface area contributed by atoms with Crippen molar-refractivity contribution in [2.24, 2.45) is 11.8 Å². The van der Waals surface area contributed by atoms with E-state index in [0.717, 1.165) is 56.7 Å². The summed E-state index contributed by atoms with van der Waals surface area (Å²) in [7, 11) is 1.81. The van der Waals surface area contributed by atoms with E-state index in [4.69, 9.17) is 4.74 Å². The van der Waals surface area contributed by atoms with Gasteiger partial charge in [-0.3, -0.25) is 4.79 Å².